The Bertz CT molecular complexity index is 1120. The molecule has 0 bridgehead atoms. The number of hydrogen-bond donors (Lipinski definition) is 1. The monoisotopic (exact) mass is 404 g/mol. The van der Waals surface area contributed by atoms with Crippen LogP contribution in [-0.2, 0) is 11.8 Å². The molecular formula is C23H24N4O3. The van der Waals surface area contributed by atoms with Gasteiger partial charge in [0.15, 0.2) is 0 Å². The van der Waals surface area contributed by atoms with Gasteiger partial charge in [-0.2, -0.15) is 5.10 Å². The van der Waals surface area contributed by atoms with Crippen LogP contribution in [0, 0.1) is 0 Å². The largest absolute Gasteiger partial charge is 0.380 e. The molecule has 7 nitrogen and oxygen atoms in total. The molecule has 1 N–H and O–H groups in total. The summed E-state index contributed by atoms with van der Waals surface area (Å²) in [5.41, 5.74) is 2.59. The van der Waals surface area contributed by atoms with E-state index in [0.29, 0.717) is 44.6 Å². The van der Waals surface area contributed by atoms with E-state index in [9.17, 15) is 14.7 Å². The zero-order valence-corrected chi connectivity index (χ0v) is 16.9. The van der Waals surface area contributed by atoms with Crippen LogP contribution < -0.4 is 0 Å². The maximum absolute atomic E-state index is 12.9. The van der Waals surface area contributed by atoms with Gasteiger partial charge in [-0.15, -0.1) is 0 Å². The first kappa shape index (κ1) is 18.8. The van der Waals surface area contributed by atoms with E-state index in [4.69, 9.17) is 0 Å². The molecule has 7 heteroatoms. The fourth-order valence-corrected chi connectivity index (χ4v) is 4.06. The van der Waals surface area contributed by atoms with Crippen molar-refractivity contribution in [3.63, 3.8) is 0 Å². The molecule has 5 rings (SSSR count). The van der Waals surface area contributed by atoms with Crippen LogP contribution in [0.1, 0.15) is 23.2 Å². The van der Waals surface area contributed by atoms with Crippen LogP contribution in [0.15, 0.2) is 48.7 Å². The molecule has 2 fully saturated rings. The third-order valence-electron chi connectivity index (χ3n) is 6.06. The molecule has 1 aliphatic heterocycles. The van der Waals surface area contributed by atoms with Crippen molar-refractivity contribution in [2.75, 3.05) is 26.2 Å². The van der Waals surface area contributed by atoms with E-state index in [-0.39, 0.29) is 11.8 Å². The van der Waals surface area contributed by atoms with Gasteiger partial charge in [0.05, 0.1) is 5.52 Å². The van der Waals surface area contributed by atoms with Crippen LogP contribution in [-0.4, -0.2) is 68.3 Å². The summed E-state index contributed by atoms with van der Waals surface area (Å²) < 4.78 is 1.80. The summed E-state index contributed by atoms with van der Waals surface area (Å²) in [6.07, 6.45) is 3.08. The standard InChI is InChI=1S/C23H24N4O3/c1-25-15-19-14-18(6-7-20(19)24-25)16-2-4-17(5-3-16)21(28)26-10-12-27(13-11-26)22(29)23(30)8-9-23/h2-7,14-15,30H,8-13H2,1H3. The number of amides is 2. The first-order valence-corrected chi connectivity index (χ1v) is 10.3. The smallest absolute Gasteiger partial charge is 0.254 e. The molecule has 2 aliphatic rings. The number of rotatable bonds is 3. The molecule has 30 heavy (non-hydrogen) atoms. The van der Waals surface area contributed by atoms with Crippen molar-refractivity contribution in [2.45, 2.75) is 18.4 Å². The second-order valence-corrected chi connectivity index (χ2v) is 8.27. The molecule has 0 spiro atoms. The van der Waals surface area contributed by atoms with E-state index < -0.39 is 5.60 Å². The summed E-state index contributed by atoms with van der Waals surface area (Å²) in [5, 5.41) is 15.5. The van der Waals surface area contributed by atoms with Gasteiger partial charge in [0, 0.05) is 50.4 Å². The number of aliphatic hydroxyl groups is 1. The summed E-state index contributed by atoms with van der Waals surface area (Å²) in [5.74, 6) is -0.217. The Labute approximate surface area is 174 Å². The van der Waals surface area contributed by atoms with Crippen molar-refractivity contribution in [2.24, 2.45) is 7.05 Å². The molecule has 3 aromatic rings. The third-order valence-corrected chi connectivity index (χ3v) is 6.06. The van der Waals surface area contributed by atoms with Crippen molar-refractivity contribution >= 4 is 22.7 Å². The molecule has 1 saturated heterocycles. The van der Waals surface area contributed by atoms with Crippen LogP contribution in [0.25, 0.3) is 22.0 Å². The van der Waals surface area contributed by atoms with Crippen molar-refractivity contribution in [3.8, 4) is 11.1 Å². The summed E-state index contributed by atoms with van der Waals surface area (Å²) in [4.78, 5) is 28.6. The second-order valence-electron chi connectivity index (χ2n) is 8.27. The Morgan fingerprint density at radius 1 is 0.933 bits per heavy atom. The highest BCUT2D eigenvalue weighted by molar-refractivity contribution is 5.95. The molecule has 1 aliphatic carbocycles. The molecule has 1 aromatic heterocycles. The number of piperazine rings is 1. The van der Waals surface area contributed by atoms with Gasteiger partial charge in [0.25, 0.3) is 11.8 Å². The zero-order chi connectivity index (χ0) is 20.9. The van der Waals surface area contributed by atoms with E-state index in [1.165, 1.54) is 0 Å². The maximum atomic E-state index is 12.9. The van der Waals surface area contributed by atoms with Gasteiger partial charge in [-0.1, -0.05) is 18.2 Å². The number of carbonyl (C=O) groups is 2. The highest BCUT2D eigenvalue weighted by Crippen LogP contribution is 2.37. The minimum atomic E-state index is -1.14. The normalized spacial score (nSPS) is 17.9. The number of carbonyl (C=O) groups excluding carboxylic acids is 2. The van der Waals surface area contributed by atoms with Crippen molar-refractivity contribution in [1.29, 1.82) is 0 Å². The van der Waals surface area contributed by atoms with Gasteiger partial charge in [0.1, 0.15) is 5.60 Å². The number of aryl methyl sites for hydroxylation is 1. The lowest BCUT2D eigenvalue weighted by molar-refractivity contribution is -0.143. The summed E-state index contributed by atoms with van der Waals surface area (Å²) in [6, 6.07) is 13.8. The van der Waals surface area contributed by atoms with Crippen LogP contribution >= 0.6 is 0 Å². The van der Waals surface area contributed by atoms with E-state index in [2.05, 4.69) is 11.2 Å². The zero-order valence-electron chi connectivity index (χ0n) is 16.9. The Kier molecular flexibility index (Phi) is 4.36. The molecule has 154 valence electrons. The summed E-state index contributed by atoms with van der Waals surface area (Å²) in [6.45, 7) is 1.91. The highest BCUT2D eigenvalue weighted by atomic mass is 16.3. The van der Waals surface area contributed by atoms with Crippen LogP contribution in [0.2, 0.25) is 0 Å². The van der Waals surface area contributed by atoms with Crippen molar-refractivity contribution in [3.05, 3.63) is 54.2 Å². The molecule has 2 amide bonds. The van der Waals surface area contributed by atoms with Gasteiger partial charge in [-0.25, -0.2) is 0 Å². The maximum Gasteiger partial charge on any atom is 0.254 e. The fraction of sp³-hybridized carbons (Fsp3) is 0.348. The van der Waals surface area contributed by atoms with Crippen LogP contribution in [0.3, 0.4) is 0 Å². The minimum absolute atomic E-state index is 0.0264. The molecule has 0 unspecified atom stereocenters. The lowest BCUT2D eigenvalue weighted by Gasteiger charge is -2.35. The topological polar surface area (TPSA) is 78.7 Å². The lowest BCUT2D eigenvalue weighted by Crippen LogP contribution is -2.53. The first-order chi connectivity index (χ1) is 14.4. The molecule has 0 radical (unpaired) electrons. The average Bonchev–Trinajstić information content (AvgIpc) is 3.41. The molecular weight excluding hydrogens is 380 g/mol. The summed E-state index contributed by atoms with van der Waals surface area (Å²) in [7, 11) is 1.91. The van der Waals surface area contributed by atoms with Crippen LogP contribution in [0.4, 0.5) is 0 Å². The Morgan fingerprint density at radius 2 is 1.57 bits per heavy atom. The quantitative estimate of drug-likeness (QED) is 0.725. The van der Waals surface area contributed by atoms with Crippen LogP contribution in [0.5, 0.6) is 0 Å². The van der Waals surface area contributed by atoms with Gasteiger partial charge in [-0.05, 0) is 48.2 Å². The third kappa shape index (κ3) is 3.35. The highest BCUT2D eigenvalue weighted by Gasteiger charge is 2.50. The molecule has 2 aromatic carbocycles. The first-order valence-electron chi connectivity index (χ1n) is 10.3. The Balaban J connectivity index is 1.26. The number of hydrogen-bond acceptors (Lipinski definition) is 4. The SMILES string of the molecule is Cn1cc2cc(-c3ccc(C(=O)N4CCN(C(=O)C5(O)CC5)CC4)cc3)ccc2n1. The van der Waals surface area contributed by atoms with E-state index in [0.717, 1.165) is 22.0 Å². The Hall–Kier alpha value is -3.19. The molecule has 2 heterocycles. The van der Waals surface area contributed by atoms with E-state index in [1.54, 1.807) is 14.5 Å². The number of fused-ring (bicyclic) bond motifs is 1. The number of benzene rings is 2. The predicted molar refractivity (Wildman–Crippen MR) is 113 cm³/mol. The van der Waals surface area contributed by atoms with E-state index >= 15 is 0 Å². The van der Waals surface area contributed by atoms with Crippen molar-refractivity contribution < 1.29 is 14.7 Å². The van der Waals surface area contributed by atoms with Gasteiger partial charge in [0.2, 0.25) is 0 Å². The average molecular weight is 404 g/mol. The van der Waals surface area contributed by atoms with Crippen molar-refractivity contribution in [1.82, 2.24) is 19.6 Å². The fourth-order valence-electron chi connectivity index (χ4n) is 4.06. The molecule has 1 saturated carbocycles. The molecule has 0 atom stereocenters. The van der Waals surface area contributed by atoms with Gasteiger partial charge < -0.3 is 14.9 Å². The lowest BCUT2D eigenvalue weighted by atomic mass is 10.0. The predicted octanol–water partition coefficient (Wildman–Crippen LogP) is 2.05. The number of nitrogens with zero attached hydrogens (tertiary/aromatic N) is 4. The minimum Gasteiger partial charge on any atom is -0.380 e. The van der Waals surface area contributed by atoms with Gasteiger partial charge in [-0.3, -0.25) is 14.3 Å². The van der Waals surface area contributed by atoms with E-state index in [1.807, 2.05) is 49.6 Å². The van der Waals surface area contributed by atoms with Gasteiger partial charge >= 0.3 is 0 Å². The second kappa shape index (κ2) is 6.95. The number of aromatic nitrogens is 2. The Morgan fingerprint density at radius 3 is 2.23 bits per heavy atom. The summed E-state index contributed by atoms with van der Waals surface area (Å²) >= 11 is 0.